The van der Waals surface area contributed by atoms with Crippen LogP contribution in [0.4, 0.5) is 0 Å². The summed E-state index contributed by atoms with van der Waals surface area (Å²) in [5, 5.41) is 8.14. The highest BCUT2D eigenvalue weighted by Crippen LogP contribution is 2.27. The predicted molar refractivity (Wildman–Crippen MR) is 99.0 cm³/mol. The highest BCUT2D eigenvalue weighted by molar-refractivity contribution is 5.82. The summed E-state index contributed by atoms with van der Waals surface area (Å²) < 4.78 is 0. The van der Waals surface area contributed by atoms with Crippen LogP contribution in [0.3, 0.4) is 0 Å². The molecule has 24 heavy (non-hydrogen) atoms. The van der Waals surface area contributed by atoms with Crippen molar-refractivity contribution >= 4 is 5.84 Å². The zero-order valence-corrected chi connectivity index (χ0v) is 14.0. The number of nitrogens with two attached hydrogens (primary N) is 1. The number of nitrogens with zero attached hydrogens (tertiary/aromatic N) is 1. The summed E-state index contributed by atoms with van der Waals surface area (Å²) in [6, 6.07) is 23.0. The molecule has 4 heteroatoms. The van der Waals surface area contributed by atoms with Crippen molar-refractivity contribution in [3.8, 4) is 0 Å². The minimum absolute atomic E-state index is 0.311. The van der Waals surface area contributed by atoms with Crippen LogP contribution in [0.15, 0.2) is 71.7 Å². The fourth-order valence-electron chi connectivity index (χ4n) is 2.45. The van der Waals surface area contributed by atoms with Crippen molar-refractivity contribution in [2.24, 2.45) is 10.7 Å². The number of hydroxylamine groups is 1. The first kappa shape index (κ1) is 18.2. The fraction of sp³-hybridized carbons (Fsp3) is 0.350. The average Bonchev–Trinajstić information content (AvgIpc) is 3.04. The van der Waals surface area contributed by atoms with Gasteiger partial charge in [-0.2, -0.15) is 0 Å². The van der Waals surface area contributed by atoms with Gasteiger partial charge >= 0.3 is 0 Å². The Morgan fingerprint density at radius 1 is 0.875 bits per heavy atom. The maximum Gasteiger partial charge on any atom is 0.0945 e. The summed E-state index contributed by atoms with van der Waals surface area (Å²) in [6.07, 6.45) is 5.58. The van der Waals surface area contributed by atoms with E-state index in [2.05, 4.69) is 22.6 Å². The van der Waals surface area contributed by atoms with Crippen molar-refractivity contribution in [1.82, 2.24) is 5.48 Å². The van der Waals surface area contributed by atoms with E-state index in [-0.39, 0.29) is 0 Å². The highest BCUT2D eigenvalue weighted by Gasteiger charge is 2.16. The second-order valence-electron chi connectivity index (χ2n) is 6.00. The van der Waals surface area contributed by atoms with Crippen molar-refractivity contribution in [1.29, 1.82) is 0 Å². The van der Waals surface area contributed by atoms with Gasteiger partial charge in [0.2, 0.25) is 0 Å². The van der Waals surface area contributed by atoms with Crippen LogP contribution in [-0.4, -0.2) is 17.1 Å². The first-order valence-electron chi connectivity index (χ1n) is 8.56. The van der Waals surface area contributed by atoms with E-state index >= 15 is 0 Å². The summed E-state index contributed by atoms with van der Waals surface area (Å²) in [5.74, 6) is 0.795. The summed E-state index contributed by atoms with van der Waals surface area (Å²) in [4.78, 5) is 4.35. The lowest BCUT2D eigenvalue weighted by atomic mass is 9.94. The van der Waals surface area contributed by atoms with Crippen molar-refractivity contribution < 1.29 is 5.21 Å². The van der Waals surface area contributed by atoms with Gasteiger partial charge in [0.05, 0.1) is 11.9 Å². The molecule has 1 aliphatic heterocycles. The maximum atomic E-state index is 8.14. The molecular weight excluding hydrogens is 298 g/mol. The van der Waals surface area contributed by atoms with Crippen molar-refractivity contribution in [3.05, 3.63) is 72.3 Å². The van der Waals surface area contributed by atoms with Gasteiger partial charge in [-0.1, -0.05) is 73.2 Å². The van der Waals surface area contributed by atoms with E-state index in [1.165, 1.54) is 12.0 Å². The maximum absolute atomic E-state index is 8.14. The standard InChI is InChI=1S/C10H12N2.C6H6.C4H9NO/c11-10-7-6-9(12-10)8-4-2-1-3-5-8;1-2-4-6-5-3-1;6-5-4-2-1-3-4/h1-5,9H,6-7H2,(H2,11,12);1-6H;4-6H,1-3H2/t9-;;/m0../s1. The van der Waals surface area contributed by atoms with Crippen LogP contribution >= 0.6 is 0 Å². The molecule has 4 rings (SSSR count). The first-order valence-corrected chi connectivity index (χ1v) is 8.56. The summed E-state index contributed by atoms with van der Waals surface area (Å²) in [5.41, 5.74) is 9.09. The van der Waals surface area contributed by atoms with Crippen molar-refractivity contribution in [3.63, 3.8) is 0 Å². The Morgan fingerprint density at radius 2 is 1.42 bits per heavy atom. The Morgan fingerprint density at radius 3 is 1.75 bits per heavy atom. The molecule has 1 atom stereocenters. The number of benzene rings is 2. The third-order valence-corrected chi connectivity index (χ3v) is 4.13. The van der Waals surface area contributed by atoms with Crippen LogP contribution in [0.2, 0.25) is 0 Å². The molecule has 1 aliphatic carbocycles. The summed E-state index contributed by atoms with van der Waals surface area (Å²) in [6.45, 7) is 0. The van der Waals surface area contributed by atoms with E-state index in [0.29, 0.717) is 12.1 Å². The van der Waals surface area contributed by atoms with E-state index in [0.717, 1.165) is 31.5 Å². The van der Waals surface area contributed by atoms with E-state index < -0.39 is 0 Å². The van der Waals surface area contributed by atoms with E-state index in [1.54, 1.807) is 0 Å². The van der Waals surface area contributed by atoms with Crippen LogP contribution in [0.25, 0.3) is 0 Å². The SMILES string of the molecule is NC1=N[C@H](c2ccccc2)CC1.ONC1CCC1.c1ccccc1. The van der Waals surface area contributed by atoms with Crippen LogP contribution < -0.4 is 11.2 Å². The van der Waals surface area contributed by atoms with Gasteiger partial charge in [-0.25, -0.2) is 5.48 Å². The predicted octanol–water partition coefficient (Wildman–Crippen LogP) is 4.08. The molecular formula is C20H27N3O. The van der Waals surface area contributed by atoms with Gasteiger partial charge in [0.15, 0.2) is 0 Å². The van der Waals surface area contributed by atoms with Crippen molar-refractivity contribution in [2.75, 3.05) is 0 Å². The van der Waals surface area contributed by atoms with Crippen LogP contribution in [0.1, 0.15) is 43.7 Å². The third-order valence-electron chi connectivity index (χ3n) is 4.13. The Hall–Kier alpha value is -2.17. The highest BCUT2D eigenvalue weighted by atomic mass is 16.5. The second kappa shape index (κ2) is 10.6. The van der Waals surface area contributed by atoms with Gasteiger partial charge in [-0.05, 0) is 24.8 Å². The van der Waals surface area contributed by atoms with Gasteiger partial charge in [-0.15, -0.1) is 0 Å². The van der Waals surface area contributed by atoms with Crippen LogP contribution in [0, 0.1) is 0 Å². The molecule has 2 aliphatic rings. The second-order valence-corrected chi connectivity index (χ2v) is 6.00. The lowest BCUT2D eigenvalue weighted by molar-refractivity contribution is 0.0893. The molecule has 0 aromatic heterocycles. The largest absolute Gasteiger partial charge is 0.387 e. The first-order chi connectivity index (χ1) is 11.8. The molecule has 0 amide bonds. The average molecular weight is 325 g/mol. The van der Waals surface area contributed by atoms with Gasteiger partial charge in [0, 0.05) is 12.5 Å². The lowest BCUT2D eigenvalue weighted by Crippen LogP contribution is -2.32. The Bertz CT molecular complexity index is 553. The van der Waals surface area contributed by atoms with Crippen molar-refractivity contribution in [2.45, 2.75) is 44.2 Å². The molecule has 4 N–H and O–H groups in total. The topological polar surface area (TPSA) is 70.6 Å². The minimum Gasteiger partial charge on any atom is -0.387 e. The molecule has 4 nitrogen and oxygen atoms in total. The van der Waals surface area contributed by atoms with Gasteiger partial charge in [0.25, 0.3) is 0 Å². The molecule has 1 saturated carbocycles. The number of hydrogen-bond donors (Lipinski definition) is 3. The smallest absolute Gasteiger partial charge is 0.0945 e. The number of aliphatic imine (C=N–C) groups is 1. The minimum atomic E-state index is 0.311. The van der Waals surface area contributed by atoms with E-state index in [1.807, 2.05) is 54.6 Å². The van der Waals surface area contributed by atoms with Gasteiger partial charge in [-0.3, -0.25) is 4.99 Å². The summed E-state index contributed by atoms with van der Waals surface area (Å²) in [7, 11) is 0. The quantitative estimate of drug-likeness (QED) is 0.729. The zero-order valence-electron chi connectivity index (χ0n) is 14.0. The zero-order chi connectivity index (χ0) is 17.0. The summed E-state index contributed by atoms with van der Waals surface area (Å²) >= 11 is 0. The van der Waals surface area contributed by atoms with Crippen LogP contribution in [-0.2, 0) is 0 Å². The third kappa shape index (κ3) is 6.52. The van der Waals surface area contributed by atoms with E-state index in [4.69, 9.17) is 10.9 Å². The molecule has 0 unspecified atom stereocenters. The fourth-order valence-corrected chi connectivity index (χ4v) is 2.45. The molecule has 1 heterocycles. The van der Waals surface area contributed by atoms with E-state index in [9.17, 15) is 0 Å². The molecule has 1 fully saturated rings. The Balaban J connectivity index is 0.000000146. The molecule has 0 radical (unpaired) electrons. The Kier molecular flexibility index (Phi) is 8.01. The Labute approximate surface area is 144 Å². The number of hydrogen-bond acceptors (Lipinski definition) is 4. The number of nitrogens with one attached hydrogen (secondary N) is 1. The molecule has 0 bridgehead atoms. The van der Waals surface area contributed by atoms with Gasteiger partial charge in [0.1, 0.15) is 0 Å². The number of amidine groups is 1. The monoisotopic (exact) mass is 325 g/mol. The molecule has 0 spiro atoms. The van der Waals surface area contributed by atoms with Gasteiger partial charge < -0.3 is 10.9 Å². The van der Waals surface area contributed by atoms with Crippen LogP contribution in [0.5, 0.6) is 0 Å². The lowest BCUT2D eigenvalue weighted by Gasteiger charge is -2.22. The molecule has 2 aromatic carbocycles. The molecule has 128 valence electrons. The normalized spacial score (nSPS) is 19.0. The molecule has 2 aromatic rings. The number of rotatable bonds is 2. The molecule has 0 saturated heterocycles.